The zero-order valence-corrected chi connectivity index (χ0v) is 10.3. The fourth-order valence-corrected chi connectivity index (χ4v) is 3.11. The summed E-state index contributed by atoms with van der Waals surface area (Å²) in [6.07, 6.45) is 1.13. The summed E-state index contributed by atoms with van der Waals surface area (Å²) >= 11 is 3.56. The summed E-state index contributed by atoms with van der Waals surface area (Å²) in [5, 5.41) is 0. The Hall–Kier alpha value is -0.440. The van der Waals surface area contributed by atoms with Gasteiger partial charge in [-0.15, -0.1) is 0 Å². The Morgan fingerprint density at radius 3 is 2.40 bits per heavy atom. The number of hydrogen-bond donors (Lipinski definition) is 0. The molecule has 1 aliphatic carbocycles. The van der Waals surface area contributed by atoms with Gasteiger partial charge in [0, 0.05) is 4.83 Å². The molecule has 82 valence electrons. The van der Waals surface area contributed by atoms with Gasteiger partial charge in [-0.1, -0.05) is 35.8 Å². The maximum atomic E-state index is 13.0. The first-order chi connectivity index (χ1) is 6.92. The Morgan fingerprint density at radius 1 is 1.33 bits per heavy atom. The molecule has 1 aliphatic rings. The van der Waals surface area contributed by atoms with Crippen LogP contribution in [0.2, 0.25) is 0 Å². The van der Waals surface area contributed by atoms with Crippen molar-refractivity contribution in [2.75, 3.05) is 0 Å². The normalized spacial score (nSPS) is 25.0. The Balaban J connectivity index is 2.20. The molecule has 0 amide bonds. The van der Waals surface area contributed by atoms with E-state index in [9.17, 15) is 8.78 Å². The zero-order chi connectivity index (χ0) is 11.2. The van der Waals surface area contributed by atoms with Crippen LogP contribution in [-0.2, 0) is 0 Å². The van der Waals surface area contributed by atoms with Gasteiger partial charge in [0.1, 0.15) is 0 Å². The minimum absolute atomic E-state index is 0.127. The molecule has 2 unspecified atom stereocenters. The van der Waals surface area contributed by atoms with Crippen LogP contribution in [-0.4, -0.2) is 0 Å². The lowest BCUT2D eigenvalue weighted by atomic mass is 10.0. The molecule has 1 aromatic carbocycles. The lowest BCUT2D eigenvalue weighted by Crippen LogP contribution is -2.00. The highest BCUT2D eigenvalue weighted by atomic mass is 79.9. The van der Waals surface area contributed by atoms with E-state index in [0.29, 0.717) is 11.3 Å². The number of halogens is 3. The second-order valence-corrected chi connectivity index (χ2v) is 5.86. The standard InChI is InChI=1S/C12H13BrF2/c1-12(2)6-8(12)11(13)7-3-4-9(14)10(15)5-7/h3-5,8,11H,6H2,1-2H3. The van der Waals surface area contributed by atoms with E-state index in [2.05, 4.69) is 29.8 Å². The molecular formula is C12H13BrF2. The fraction of sp³-hybridized carbons (Fsp3) is 0.500. The number of alkyl halides is 1. The Bertz CT molecular complexity index is 387. The Kier molecular flexibility index (Phi) is 2.61. The molecule has 15 heavy (non-hydrogen) atoms. The monoisotopic (exact) mass is 274 g/mol. The molecule has 0 heterocycles. The minimum Gasteiger partial charge on any atom is -0.204 e. The van der Waals surface area contributed by atoms with E-state index < -0.39 is 11.6 Å². The van der Waals surface area contributed by atoms with Crippen LogP contribution in [0.4, 0.5) is 8.78 Å². The first-order valence-electron chi connectivity index (χ1n) is 5.01. The molecule has 0 bridgehead atoms. The van der Waals surface area contributed by atoms with E-state index in [1.54, 1.807) is 6.07 Å². The minimum atomic E-state index is -0.784. The highest BCUT2D eigenvalue weighted by Crippen LogP contribution is 2.60. The lowest BCUT2D eigenvalue weighted by Gasteiger charge is -2.12. The molecule has 0 spiro atoms. The molecule has 2 atom stereocenters. The average Bonchev–Trinajstić information content (AvgIpc) is 2.79. The molecule has 0 nitrogen and oxygen atoms in total. The van der Waals surface area contributed by atoms with Crippen molar-refractivity contribution in [1.29, 1.82) is 0 Å². The van der Waals surface area contributed by atoms with Gasteiger partial charge in [0.2, 0.25) is 0 Å². The Morgan fingerprint density at radius 2 is 1.93 bits per heavy atom. The quantitative estimate of drug-likeness (QED) is 0.700. The molecule has 0 aliphatic heterocycles. The van der Waals surface area contributed by atoms with Gasteiger partial charge >= 0.3 is 0 Å². The van der Waals surface area contributed by atoms with E-state index in [4.69, 9.17) is 0 Å². The first-order valence-corrected chi connectivity index (χ1v) is 5.92. The predicted octanol–water partition coefficient (Wildman–Crippen LogP) is 4.45. The maximum Gasteiger partial charge on any atom is 0.159 e. The van der Waals surface area contributed by atoms with Gasteiger partial charge in [-0.2, -0.15) is 0 Å². The molecule has 1 aromatic rings. The van der Waals surface area contributed by atoms with Crippen molar-refractivity contribution in [3.63, 3.8) is 0 Å². The third-order valence-electron chi connectivity index (χ3n) is 3.21. The summed E-state index contributed by atoms with van der Waals surface area (Å²) in [7, 11) is 0. The third-order valence-corrected chi connectivity index (χ3v) is 4.37. The highest BCUT2D eigenvalue weighted by Gasteiger charge is 2.49. The highest BCUT2D eigenvalue weighted by molar-refractivity contribution is 9.09. The van der Waals surface area contributed by atoms with Gasteiger partial charge < -0.3 is 0 Å². The number of hydrogen-bond acceptors (Lipinski definition) is 0. The Labute approximate surface area is 96.8 Å². The van der Waals surface area contributed by atoms with Crippen LogP contribution in [0.5, 0.6) is 0 Å². The van der Waals surface area contributed by atoms with E-state index >= 15 is 0 Å². The molecule has 1 saturated carbocycles. The third kappa shape index (κ3) is 2.07. The SMILES string of the molecule is CC1(C)CC1C(Br)c1ccc(F)c(F)c1. The second kappa shape index (κ2) is 3.55. The van der Waals surface area contributed by atoms with Crippen LogP contribution in [0.3, 0.4) is 0 Å². The van der Waals surface area contributed by atoms with E-state index in [1.165, 1.54) is 12.1 Å². The van der Waals surface area contributed by atoms with Crippen LogP contribution >= 0.6 is 15.9 Å². The van der Waals surface area contributed by atoms with E-state index in [1.807, 2.05) is 0 Å². The molecule has 0 radical (unpaired) electrons. The largest absolute Gasteiger partial charge is 0.204 e. The topological polar surface area (TPSA) is 0 Å². The predicted molar refractivity (Wildman–Crippen MR) is 59.9 cm³/mol. The molecule has 3 heteroatoms. The summed E-state index contributed by atoms with van der Waals surface area (Å²) in [5.74, 6) is -1.04. The van der Waals surface area contributed by atoms with E-state index in [0.717, 1.165) is 12.0 Å². The maximum absolute atomic E-state index is 13.0. The van der Waals surface area contributed by atoms with Crippen LogP contribution < -0.4 is 0 Å². The van der Waals surface area contributed by atoms with Gasteiger partial charge in [0.05, 0.1) is 0 Å². The van der Waals surface area contributed by atoms with Gasteiger partial charge in [0.15, 0.2) is 11.6 Å². The second-order valence-electron chi connectivity index (χ2n) is 4.87. The molecule has 0 aromatic heterocycles. The first kappa shape index (κ1) is 11.1. The molecule has 2 rings (SSSR count). The fourth-order valence-electron chi connectivity index (χ4n) is 1.92. The summed E-state index contributed by atoms with van der Waals surface area (Å²) in [5.41, 5.74) is 1.14. The summed E-state index contributed by atoms with van der Waals surface area (Å²) in [6.45, 7) is 4.37. The van der Waals surface area contributed by atoms with Crippen molar-refractivity contribution in [2.24, 2.45) is 11.3 Å². The molecule has 1 fully saturated rings. The van der Waals surface area contributed by atoms with Gasteiger partial charge in [-0.3, -0.25) is 0 Å². The van der Waals surface area contributed by atoms with Crippen molar-refractivity contribution in [1.82, 2.24) is 0 Å². The van der Waals surface area contributed by atoms with Crippen molar-refractivity contribution in [3.05, 3.63) is 35.4 Å². The summed E-state index contributed by atoms with van der Waals surface area (Å²) < 4.78 is 25.8. The lowest BCUT2D eigenvalue weighted by molar-refractivity contribution is 0.504. The van der Waals surface area contributed by atoms with Crippen molar-refractivity contribution in [3.8, 4) is 0 Å². The molecule has 0 saturated heterocycles. The van der Waals surface area contributed by atoms with Gasteiger partial charge in [0.25, 0.3) is 0 Å². The molecular weight excluding hydrogens is 262 g/mol. The van der Waals surface area contributed by atoms with Crippen molar-refractivity contribution in [2.45, 2.75) is 25.1 Å². The van der Waals surface area contributed by atoms with Crippen LogP contribution in [0, 0.1) is 23.0 Å². The zero-order valence-electron chi connectivity index (χ0n) is 8.73. The van der Waals surface area contributed by atoms with Crippen molar-refractivity contribution >= 4 is 15.9 Å². The molecule has 0 N–H and O–H groups in total. The van der Waals surface area contributed by atoms with Crippen molar-refractivity contribution < 1.29 is 8.78 Å². The summed E-state index contributed by atoms with van der Waals surface area (Å²) in [4.78, 5) is 0.127. The van der Waals surface area contributed by atoms with Crippen LogP contribution in [0.15, 0.2) is 18.2 Å². The van der Waals surface area contributed by atoms with Crippen LogP contribution in [0.1, 0.15) is 30.7 Å². The number of rotatable bonds is 2. The number of benzene rings is 1. The summed E-state index contributed by atoms with van der Waals surface area (Å²) in [6, 6.07) is 4.11. The van der Waals surface area contributed by atoms with Gasteiger partial charge in [-0.25, -0.2) is 8.78 Å². The average molecular weight is 275 g/mol. The smallest absolute Gasteiger partial charge is 0.159 e. The van der Waals surface area contributed by atoms with Gasteiger partial charge in [-0.05, 0) is 35.4 Å². The van der Waals surface area contributed by atoms with Crippen LogP contribution in [0.25, 0.3) is 0 Å². The van der Waals surface area contributed by atoms with E-state index in [-0.39, 0.29) is 4.83 Å².